The van der Waals surface area contributed by atoms with Crippen molar-refractivity contribution in [3.63, 3.8) is 0 Å². The molecule has 0 aliphatic rings. The molecule has 3 rings (SSSR count). The summed E-state index contributed by atoms with van der Waals surface area (Å²) < 4.78 is 34.5. The van der Waals surface area contributed by atoms with Gasteiger partial charge in [0.25, 0.3) is 0 Å². The fourth-order valence-corrected chi connectivity index (χ4v) is 3.46. The minimum atomic E-state index is -4.76. The molecule has 0 atom stereocenters. The number of amides is 1. The summed E-state index contributed by atoms with van der Waals surface area (Å²) in [6.07, 6.45) is 0.713. The Balaban J connectivity index is 1.61. The summed E-state index contributed by atoms with van der Waals surface area (Å²) >= 11 is 0. The minimum absolute atomic E-state index is 0.123. The molecule has 1 heterocycles. The number of hydrogen-bond acceptors (Lipinski definition) is 7. The molecule has 0 fully saturated rings. The third-order valence-electron chi connectivity index (χ3n) is 4.44. The van der Waals surface area contributed by atoms with Crippen molar-refractivity contribution in [1.29, 1.82) is 0 Å². The van der Waals surface area contributed by atoms with E-state index in [0.717, 1.165) is 23.3 Å². The maximum Gasteiger partial charge on any atom is 0.332 e. The first kappa shape index (κ1) is 21.2. The van der Waals surface area contributed by atoms with Crippen molar-refractivity contribution in [2.45, 2.75) is 24.7 Å². The monoisotopic (exact) mass is 429 g/mol. The highest BCUT2D eigenvalue weighted by atomic mass is 32.3. The van der Waals surface area contributed by atoms with Gasteiger partial charge in [-0.3, -0.25) is 4.79 Å². The Kier molecular flexibility index (Phi) is 5.97. The second-order valence-corrected chi connectivity index (χ2v) is 7.98. The van der Waals surface area contributed by atoms with E-state index in [-0.39, 0.29) is 18.3 Å². The van der Waals surface area contributed by atoms with Crippen LogP contribution in [0, 0.1) is 6.92 Å². The highest BCUT2D eigenvalue weighted by Gasteiger charge is 2.12. The van der Waals surface area contributed by atoms with Crippen LogP contribution >= 0.6 is 0 Å². The van der Waals surface area contributed by atoms with Crippen molar-refractivity contribution >= 4 is 33.6 Å². The number of carbonyl (C=O) groups excluding carboxylic acids is 1. The van der Waals surface area contributed by atoms with E-state index in [9.17, 15) is 17.1 Å². The van der Waals surface area contributed by atoms with Gasteiger partial charge in [0.15, 0.2) is 0 Å². The van der Waals surface area contributed by atoms with Gasteiger partial charge in [-0.25, -0.2) is 4.98 Å². The average Bonchev–Trinajstić information content (AvgIpc) is 2.66. The number of rotatable bonds is 6. The van der Waals surface area contributed by atoms with Gasteiger partial charge >= 0.3 is 10.2 Å². The molecule has 0 spiro atoms. The molecule has 0 unspecified atom stereocenters. The van der Waals surface area contributed by atoms with Crippen LogP contribution in [0.5, 0.6) is 0 Å². The Hall–Kier alpha value is -3.53. The molecule has 5 N–H and O–H groups in total. The number of anilines is 3. The minimum Gasteiger partial charge on any atom is -0.383 e. The zero-order valence-corrected chi connectivity index (χ0v) is 16.9. The predicted octanol–water partition coefficient (Wildman–Crippen LogP) is 2.85. The van der Waals surface area contributed by atoms with E-state index in [1.165, 1.54) is 12.1 Å². The van der Waals surface area contributed by atoms with Crippen LogP contribution in [0.25, 0.3) is 11.1 Å². The van der Waals surface area contributed by atoms with Crippen LogP contribution < -0.4 is 16.8 Å². The molecule has 1 amide bonds. The number of nitrogens with one attached hydrogen (secondary N) is 1. The van der Waals surface area contributed by atoms with Gasteiger partial charge in [-0.1, -0.05) is 24.3 Å². The highest BCUT2D eigenvalue weighted by Crippen LogP contribution is 2.28. The standard InChI is InChI=1S/C20H20FN5O3S/c1-12-18(19(22)26-20(23)24-12)14-5-2-13(3-6-14)4-11-17(27)25-15-7-9-16(10-8-15)30(21,28)29/h2-3,5-10H,4,11H2,1H3,(H,25,27)(H4,22,23,24,26). The summed E-state index contributed by atoms with van der Waals surface area (Å²) in [5.74, 6) is 0.179. The van der Waals surface area contributed by atoms with E-state index in [2.05, 4.69) is 15.3 Å². The van der Waals surface area contributed by atoms with Crippen LogP contribution in [0.4, 0.5) is 21.3 Å². The maximum absolute atomic E-state index is 12.9. The molecule has 1 aromatic heterocycles. The summed E-state index contributed by atoms with van der Waals surface area (Å²) in [7, 11) is -4.76. The van der Waals surface area contributed by atoms with Crippen molar-refractivity contribution in [2.75, 3.05) is 16.8 Å². The SMILES string of the molecule is Cc1nc(N)nc(N)c1-c1ccc(CCC(=O)Nc2ccc(S(=O)(=O)F)cc2)cc1. The molecular formula is C20H20FN5O3S. The molecular weight excluding hydrogens is 409 g/mol. The lowest BCUT2D eigenvalue weighted by molar-refractivity contribution is -0.116. The largest absolute Gasteiger partial charge is 0.383 e. The first-order valence-corrected chi connectivity index (χ1v) is 10.4. The Morgan fingerprint density at radius 3 is 2.23 bits per heavy atom. The molecule has 8 nitrogen and oxygen atoms in total. The van der Waals surface area contributed by atoms with Gasteiger partial charge < -0.3 is 16.8 Å². The lowest BCUT2D eigenvalue weighted by atomic mass is 10.0. The molecule has 156 valence electrons. The quantitative estimate of drug-likeness (QED) is 0.512. The fraction of sp³-hybridized carbons (Fsp3) is 0.150. The van der Waals surface area contributed by atoms with Crippen LogP contribution in [-0.4, -0.2) is 24.3 Å². The van der Waals surface area contributed by atoms with Crippen molar-refractivity contribution in [2.24, 2.45) is 0 Å². The number of carbonyl (C=O) groups is 1. The molecule has 3 aromatic rings. The zero-order chi connectivity index (χ0) is 21.9. The highest BCUT2D eigenvalue weighted by molar-refractivity contribution is 7.86. The Labute approximate surface area is 173 Å². The number of nitrogens with two attached hydrogens (primary N) is 2. The lowest BCUT2D eigenvalue weighted by Gasteiger charge is -2.10. The number of aromatic nitrogens is 2. The normalized spacial score (nSPS) is 11.3. The van der Waals surface area contributed by atoms with E-state index in [1.807, 2.05) is 24.3 Å². The van der Waals surface area contributed by atoms with Gasteiger partial charge in [-0.05, 0) is 48.7 Å². The Bertz CT molecular complexity index is 1160. The van der Waals surface area contributed by atoms with Crippen LogP contribution in [0.15, 0.2) is 53.4 Å². The molecule has 2 aromatic carbocycles. The molecule has 30 heavy (non-hydrogen) atoms. The predicted molar refractivity (Wildman–Crippen MR) is 113 cm³/mol. The lowest BCUT2D eigenvalue weighted by Crippen LogP contribution is -2.12. The molecule has 10 heteroatoms. The Morgan fingerprint density at radius 1 is 1.03 bits per heavy atom. The van der Waals surface area contributed by atoms with Crippen LogP contribution in [0.3, 0.4) is 0 Å². The topological polar surface area (TPSA) is 141 Å². The van der Waals surface area contributed by atoms with E-state index in [4.69, 9.17) is 11.5 Å². The average molecular weight is 429 g/mol. The maximum atomic E-state index is 12.9. The van der Waals surface area contributed by atoms with Gasteiger partial charge in [-0.15, -0.1) is 3.89 Å². The third-order valence-corrected chi connectivity index (χ3v) is 5.27. The smallest absolute Gasteiger partial charge is 0.332 e. The van der Waals surface area contributed by atoms with Gasteiger partial charge in [0.05, 0.1) is 10.6 Å². The van der Waals surface area contributed by atoms with Gasteiger partial charge in [0.1, 0.15) is 5.82 Å². The molecule has 0 saturated carbocycles. The molecule has 0 radical (unpaired) electrons. The molecule has 0 bridgehead atoms. The van der Waals surface area contributed by atoms with Crippen LogP contribution in [0.2, 0.25) is 0 Å². The Morgan fingerprint density at radius 2 is 1.67 bits per heavy atom. The first-order chi connectivity index (χ1) is 14.1. The summed E-state index contributed by atoms with van der Waals surface area (Å²) in [5.41, 5.74) is 15.1. The molecule has 0 aliphatic heterocycles. The van der Waals surface area contributed by atoms with Gasteiger partial charge in [0.2, 0.25) is 11.9 Å². The van der Waals surface area contributed by atoms with Gasteiger partial charge in [-0.2, -0.15) is 13.4 Å². The van der Waals surface area contributed by atoms with Crippen LogP contribution in [-0.2, 0) is 21.4 Å². The zero-order valence-electron chi connectivity index (χ0n) is 16.1. The summed E-state index contributed by atoms with van der Waals surface area (Å²) in [5, 5.41) is 2.65. The summed E-state index contributed by atoms with van der Waals surface area (Å²) in [4.78, 5) is 19.8. The number of aryl methyl sites for hydroxylation is 2. The summed E-state index contributed by atoms with van der Waals surface area (Å²) in [6, 6.07) is 12.4. The molecule has 0 aliphatic carbocycles. The number of benzene rings is 2. The third kappa shape index (κ3) is 5.09. The van der Waals surface area contributed by atoms with E-state index in [0.29, 0.717) is 29.2 Å². The first-order valence-electron chi connectivity index (χ1n) is 8.97. The number of hydrogen-bond donors (Lipinski definition) is 3. The second-order valence-electron chi connectivity index (χ2n) is 6.63. The molecule has 0 saturated heterocycles. The van der Waals surface area contributed by atoms with Crippen molar-refractivity contribution < 1.29 is 17.1 Å². The summed E-state index contributed by atoms with van der Waals surface area (Å²) in [6.45, 7) is 1.80. The van der Waals surface area contributed by atoms with Crippen molar-refractivity contribution in [1.82, 2.24) is 9.97 Å². The van der Waals surface area contributed by atoms with Crippen LogP contribution in [0.1, 0.15) is 17.7 Å². The van der Waals surface area contributed by atoms with Crippen molar-refractivity contribution in [3.8, 4) is 11.1 Å². The van der Waals surface area contributed by atoms with E-state index < -0.39 is 15.1 Å². The fourth-order valence-electron chi connectivity index (χ4n) is 2.99. The number of nitrogens with zero attached hydrogens (tertiary/aromatic N) is 2. The number of halogens is 1. The van der Waals surface area contributed by atoms with E-state index >= 15 is 0 Å². The van der Waals surface area contributed by atoms with Crippen molar-refractivity contribution in [3.05, 3.63) is 59.8 Å². The van der Waals surface area contributed by atoms with Gasteiger partial charge in [0, 0.05) is 17.7 Å². The van der Waals surface area contributed by atoms with E-state index in [1.54, 1.807) is 6.92 Å². The number of nitrogen functional groups attached to an aromatic ring is 2. The second kappa shape index (κ2) is 8.46.